The van der Waals surface area contributed by atoms with E-state index in [0.717, 1.165) is 6.42 Å². The predicted octanol–water partition coefficient (Wildman–Crippen LogP) is 4.48. The summed E-state index contributed by atoms with van der Waals surface area (Å²) in [5.74, 6) is 0.549. The Morgan fingerprint density at radius 3 is 1.95 bits per heavy atom. The fraction of sp³-hybridized carbons (Fsp3) is 0.938. The van der Waals surface area contributed by atoms with Crippen molar-refractivity contribution < 1.29 is 9.18 Å². The zero-order valence-corrected chi connectivity index (χ0v) is 14.0. The maximum Gasteiger partial charge on any atom is 0.220 e. The molecule has 0 fully saturated rings. The van der Waals surface area contributed by atoms with E-state index < -0.39 is 5.67 Å². The summed E-state index contributed by atoms with van der Waals surface area (Å²) in [6.07, 6.45) is 1.69. The van der Waals surface area contributed by atoms with Crippen LogP contribution in [0.2, 0.25) is 0 Å². The van der Waals surface area contributed by atoms with Crippen molar-refractivity contribution >= 4 is 5.91 Å². The van der Waals surface area contributed by atoms with Crippen molar-refractivity contribution in [3.8, 4) is 0 Å². The van der Waals surface area contributed by atoms with E-state index in [1.54, 1.807) is 13.8 Å². The second-order valence-electron chi connectivity index (χ2n) is 8.27. The average molecular weight is 273 g/mol. The molecule has 0 bridgehead atoms. The first-order chi connectivity index (χ1) is 8.22. The molecule has 0 saturated heterocycles. The highest BCUT2D eigenvalue weighted by Crippen LogP contribution is 2.33. The molecule has 2 nitrogen and oxygen atoms in total. The average Bonchev–Trinajstić information content (AvgIpc) is 1.89. The standard InChI is InChI=1S/C16H32FNO/c1-12(2)9-16(7,8)18-13(19)10-14(3,4)11-15(5,6)17/h12H,9-11H2,1-8H3,(H,18,19). The van der Waals surface area contributed by atoms with Crippen LogP contribution in [0.1, 0.15) is 74.7 Å². The molecule has 3 heteroatoms. The van der Waals surface area contributed by atoms with Crippen LogP contribution in [0.5, 0.6) is 0 Å². The summed E-state index contributed by atoms with van der Waals surface area (Å²) in [6, 6.07) is 0. The van der Waals surface area contributed by atoms with Crippen molar-refractivity contribution in [2.24, 2.45) is 11.3 Å². The maximum atomic E-state index is 13.7. The molecule has 19 heavy (non-hydrogen) atoms. The van der Waals surface area contributed by atoms with Crippen molar-refractivity contribution in [3.05, 3.63) is 0 Å². The Hall–Kier alpha value is -0.600. The molecule has 1 amide bonds. The van der Waals surface area contributed by atoms with Gasteiger partial charge in [-0.3, -0.25) is 4.79 Å². The van der Waals surface area contributed by atoms with Crippen LogP contribution in [0.25, 0.3) is 0 Å². The van der Waals surface area contributed by atoms with Crippen LogP contribution in [0, 0.1) is 11.3 Å². The van der Waals surface area contributed by atoms with Gasteiger partial charge in [-0.15, -0.1) is 0 Å². The summed E-state index contributed by atoms with van der Waals surface area (Å²) in [6.45, 7) is 15.4. The Balaban J connectivity index is 4.46. The Bertz CT molecular complexity index is 300. The number of carbonyl (C=O) groups is 1. The highest BCUT2D eigenvalue weighted by molar-refractivity contribution is 5.77. The lowest BCUT2D eigenvalue weighted by molar-refractivity contribution is -0.125. The molecule has 0 aliphatic rings. The smallest absolute Gasteiger partial charge is 0.220 e. The third kappa shape index (κ3) is 9.92. The van der Waals surface area contributed by atoms with Gasteiger partial charge < -0.3 is 5.32 Å². The van der Waals surface area contributed by atoms with Gasteiger partial charge in [0.25, 0.3) is 0 Å². The van der Waals surface area contributed by atoms with Gasteiger partial charge in [0.15, 0.2) is 0 Å². The first-order valence-electron chi connectivity index (χ1n) is 7.22. The zero-order valence-electron chi connectivity index (χ0n) is 14.0. The number of carbonyl (C=O) groups excluding carboxylic acids is 1. The molecule has 0 heterocycles. The number of rotatable bonds is 7. The molecular weight excluding hydrogens is 241 g/mol. The summed E-state index contributed by atoms with van der Waals surface area (Å²) in [7, 11) is 0. The third-order valence-electron chi connectivity index (χ3n) is 2.93. The van der Waals surface area contributed by atoms with E-state index in [0.29, 0.717) is 18.8 Å². The van der Waals surface area contributed by atoms with E-state index in [-0.39, 0.29) is 16.9 Å². The molecule has 0 atom stereocenters. The van der Waals surface area contributed by atoms with Gasteiger partial charge in [-0.2, -0.15) is 0 Å². The normalized spacial score (nSPS) is 13.8. The number of hydrogen-bond acceptors (Lipinski definition) is 1. The second-order valence-corrected chi connectivity index (χ2v) is 8.27. The predicted molar refractivity (Wildman–Crippen MR) is 79.9 cm³/mol. The monoisotopic (exact) mass is 273 g/mol. The van der Waals surface area contributed by atoms with Crippen molar-refractivity contribution in [2.75, 3.05) is 0 Å². The Kier molecular flexibility index (Phi) is 6.04. The second kappa shape index (κ2) is 6.23. The molecular formula is C16H32FNO. The van der Waals surface area contributed by atoms with Gasteiger partial charge in [0.1, 0.15) is 5.67 Å². The Morgan fingerprint density at radius 2 is 1.58 bits per heavy atom. The largest absolute Gasteiger partial charge is 0.351 e. The number of alkyl halides is 1. The molecule has 0 aromatic heterocycles. The lowest BCUT2D eigenvalue weighted by atomic mass is 9.79. The van der Waals surface area contributed by atoms with Gasteiger partial charge in [0.2, 0.25) is 5.91 Å². The first kappa shape index (κ1) is 18.4. The van der Waals surface area contributed by atoms with E-state index in [1.165, 1.54) is 0 Å². The minimum atomic E-state index is -1.24. The van der Waals surface area contributed by atoms with Gasteiger partial charge in [-0.1, -0.05) is 27.7 Å². The highest BCUT2D eigenvalue weighted by atomic mass is 19.1. The molecule has 1 N–H and O–H groups in total. The molecule has 0 aromatic carbocycles. The lowest BCUT2D eigenvalue weighted by Gasteiger charge is -2.33. The van der Waals surface area contributed by atoms with E-state index >= 15 is 0 Å². The molecule has 0 aliphatic heterocycles. The minimum absolute atomic E-state index is 0.0138. The van der Waals surface area contributed by atoms with Crippen LogP contribution in [-0.2, 0) is 4.79 Å². The molecule has 0 radical (unpaired) electrons. The van der Waals surface area contributed by atoms with Crippen molar-refractivity contribution in [1.29, 1.82) is 0 Å². The molecule has 0 rings (SSSR count). The summed E-state index contributed by atoms with van der Waals surface area (Å²) in [4.78, 5) is 12.1. The number of hydrogen-bond donors (Lipinski definition) is 1. The van der Waals surface area contributed by atoms with Crippen molar-refractivity contribution in [3.63, 3.8) is 0 Å². The van der Waals surface area contributed by atoms with E-state index in [9.17, 15) is 9.18 Å². The van der Waals surface area contributed by atoms with E-state index in [2.05, 4.69) is 19.2 Å². The van der Waals surface area contributed by atoms with Crippen molar-refractivity contribution in [2.45, 2.75) is 85.9 Å². The van der Waals surface area contributed by atoms with Crippen LogP contribution < -0.4 is 5.32 Å². The van der Waals surface area contributed by atoms with Crippen LogP contribution in [0.15, 0.2) is 0 Å². The highest BCUT2D eigenvalue weighted by Gasteiger charge is 2.32. The third-order valence-corrected chi connectivity index (χ3v) is 2.93. The van der Waals surface area contributed by atoms with E-state index in [1.807, 2.05) is 27.7 Å². The van der Waals surface area contributed by atoms with Crippen LogP contribution >= 0.6 is 0 Å². The zero-order chi connectivity index (χ0) is 15.5. The van der Waals surface area contributed by atoms with Gasteiger partial charge in [-0.05, 0) is 51.9 Å². The SMILES string of the molecule is CC(C)CC(C)(C)NC(=O)CC(C)(C)CC(C)(C)F. The fourth-order valence-electron chi connectivity index (χ4n) is 3.13. The number of halogens is 1. The summed E-state index contributed by atoms with van der Waals surface area (Å²) in [5.41, 5.74) is -1.76. The van der Waals surface area contributed by atoms with Gasteiger partial charge >= 0.3 is 0 Å². The number of nitrogens with one attached hydrogen (secondary N) is 1. The Labute approximate surface area is 118 Å². The first-order valence-corrected chi connectivity index (χ1v) is 7.22. The van der Waals surface area contributed by atoms with E-state index in [4.69, 9.17) is 0 Å². The molecule has 0 aliphatic carbocycles. The summed E-state index contributed by atoms with van der Waals surface area (Å²) in [5, 5.41) is 3.07. The van der Waals surface area contributed by atoms with Crippen LogP contribution in [0.4, 0.5) is 4.39 Å². The molecule has 114 valence electrons. The molecule has 0 aromatic rings. The van der Waals surface area contributed by atoms with Crippen LogP contribution in [0.3, 0.4) is 0 Å². The minimum Gasteiger partial charge on any atom is -0.351 e. The Morgan fingerprint density at radius 1 is 1.11 bits per heavy atom. The van der Waals surface area contributed by atoms with Gasteiger partial charge in [0, 0.05) is 12.0 Å². The van der Waals surface area contributed by atoms with Crippen molar-refractivity contribution in [1.82, 2.24) is 5.32 Å². The summed E-state index contributed by atoms with van der Waals surface area (Å²) >= 11 is 0. The van der Waals surface area contributed by atoms with Gasteiger partial charge in [-0.25, -0.2) is 4.39 Å². The van der Waals surface area contributed by atoms with Gasteiger partial charge in [0.05, 0.1) is 0 Å². The topological polar surface area (TPSA) is 29.1 Å². The quantitative estimate of drug-likeness (QED) is 0.728. The molecule has 0 saturated carbocycles. The number of amides is 1. The lowest BCUT2D eigenvalue weighted by Crippen LogP contribution is -2.45. The van der Waals surface area contributed by atoms with Crippen LogP contribution in [-0.4, -0.2) is 17.1 Å². The molecule has 0 unspecified atom stereocenters. The molecule has 0 spiro atoms. The maximum absolute atomic E-state index is 13.7. The fourth-order valence-corrected chi connectivity index (χ4v) is 3.13. The summed E-state index contributed by atoms with van der Waals surface area (Å²) < 4.78 is 13.7.